The van der Waals surface area contributed by atoms with E-state index in [1.807, 2.05) is 11.8 Å². The third-order valence-electron chi connectivity index (χ3n) is 1.67. The Labute approximate surface area is 97.2 Å². The summed E-state index contributed by atoms with van der Waals surface area (Å²) in [5.74, 6) is 1.77. The maximum Gasteiger partial charge on any atom is 0.0340 e. The first kappa shape index (κ1) is 11.4. The molecule has 0 aliphatic carbocycles. The van der Waals surface area contributed by atoms with Crippen molar-refractivity contribution in [3.8, 4) is 0 Å². The van der Waals surface area contributed by atoms with E-state index in [4.69, 9.17) is 11.6 Å². The molecule has 0 spiro atoms. The van der Waals surface area contributed by atoms with Gasteiger partial charge in [-0.3, -0.25) is 0 Å². The van der Waals surface area contributed by atoms with Crippen LogP contribution >= 0.6 is 39.3 Å². The minimum Gasteiger partial charge on any atom is -0.153 e. The second-order valence-corrected chi connectivity index (χ2v) is 5.55. The topological polar surface area (TPSA) is 0 Å². The van der Waals surface area contributed by atoms with Crippen LogP contribution in [0.1, 0.15) is 12.5 Å². The lowest BCUT2D eigenvalue weighted by Gasteiger charge is -2.06. The molecule has 0 radical (unpaired) electrons. The quantitative estimate of drug-likeness (QED) is 0.740. The summed E-state index contributed by atoms with van der Waals surface area (Å²) in [6, 6.07) is 8.42. The van der Waals surface area contributed by atoms with Gasteiger partial charge in [0.2, 0.25) is 0 Å². The van der Waals surface area contributed by atoms with Gasteiger partial charge in [-0.05, 0) is 17.7 Å². The monoisotopic (exact) mass is 278 g/mol. The van der Waals surface area contributed by atoms with Crippen molar-refractivity contribution >= 4 is 39.3 Å². The zero-order valence-corrected chi connectivity index (χ0v) is 10.6. The average Bonchev–Trinajstić information content (AvgIpc) is 2.16. The Hall–Kier alpha value is 0.340. The van der Waals surface area contributed by atoms with Crippen molar-refractivity contribution in [3.63, 3.8) is 0 Å². The molecule has 0 N–H and O–H groups in total. The SMILES string of the molecule is CC(CCl)SCc1ccc(Br)cc1. The number of rotatable bonds is 4. The fourth-order valence-electron chi connectivity index (χ4n) is 0.864. The summed E-state index contributed by atoms with van der Waals surface area (Å²) in [4.78, 5) is 0. The zero-order valence-electron chi connectivity index (χ0n) is 7.47. The van der Waals surface area contributed by atoms with E-state index in [1.165, 1.54) is 5.56 Å². The van der Waals surface area contributed by atoms with Gasteiger partial charge in [-0.2, -0.15) is 11.8 Å². The van der Waals surface area contributed by atoms with Gasteiger partial charge in [0.25, 0.3) is 0 Å². The van der Waals surface area contributed by atoms with E-state index in [0.29, 0.717) is 5.25 Å². The fourth-order valence-corrected chi connectivity index (χ4v) is 2.15. The number of hydrogen-bond donors (Lipinski definition) is 0. The number of hydrogen-bond acceptors (Lipinski definition) is 1. The Morgan fingerprint density at radius 1 is 1.38 bits per heavy atom. The molecule has 0 saturated heterocycles. The minimum absolute atomic E-state index is 0.533. The Balaban J connectivity index is 2.41. The van der Waals surface area contributed by atoms with Crippen LogP contribution in [0.3, 0.4) is 0 Å². The largest absolute Gasteiger partial charge is 0.153 e. The molecular weight excluding hydrogens is 268 g/mol. The molecule has 1 aromatic carbocycles. The standard InChI is InChI=1S/C10H12BrClS/c1-8(6-12)13-7-9-2-4-10(11)5-3-9/h2-5,8H,6-7H2,1H3. The fraction of sp³-hybridized carbons (Fsp3) is 0.400. The van der Waals surface area contributed by atoms with Crippen LogP contribution in [0.2, 0.25) is 0 Å². The van der Waals surface area contributed by atoms with Crippen molar-refractivity contribution in [2.24, 2.45) is 0 Å². The van der Waals surface area contributed by atoms with E-state index in [1.54, 1.807) is 0 Å². The molecule has 0 fully saturated rings. The average molecular weight is 280 g/mol. The van der Waals surface area contributed by atoms with Gasteiger partial charge in [0, 0.05) is 21.4 Å². The smallest absolute Gasteiger partial charge is 0.0340 e. The molecule has 0 nitrogen and oxygen atoms in total. The van der Waals surface area contributed by atoms with Gasteiger partial charge in [-0.25, -0.2) is 0 Å². The van der Waals surface area contributed by atoms with Gasteiger partial charge < -0.3 is 0 Å². The molecule has 1 atom stereocenters. The molecule has 1 rings (SSSR count). The molecule has 3 heteroatoms. The highest BCUT2D eigenvalue weighted by molar-refractivity contribution is 9.10. The summed E-state index contributed by atoms with van der Waals surface area (Å²) in [7, 11) is 0. The predicted octanol–water partition coefficient (Wildman–Crippen LogP) is 4.31. The van der Waals surface area contributed by atoms with E-state index in [9.17, 15) is 0 Å². The molecule has 1 unspecified atom stereocenters. The van der Waals surface area contributed by atoms with Crippen LogP contribution in [0, 0.1) is 0 Å². The Morgan fingerprint density at radius 3 is 2.54 bits per heavy atom. The highest BCUT2D eigenvalue weighted by Crippen LogP contribution is 2.19. The van der Waals surface area contributed by atoms with E-state index in [0.717, 1.165) is 16.1 Å². The summed E-state index contributed by atoms with van der Waals surface area (Å²) in [5.41, 5.74) is 1.35. The summed E-state index contributed by atoms with van der Waals surface area (Å²) in [6.07, 6.45) is 0. The lowest BCUT2D eigenvalue weighted by Crippen LogP contribution is -1.97. The Morgan fingerprint density at radius 2 is 2.00 bits per heavy atom. The second kappa shape index (κ2) is 5.94. The Kier molecular flexibility index (Phi) is 5.22. The van der Waals surface area contributed by atoms with Gasteiger partial charge >= 0.3 is 0 Å². The zero-order chi connectivity index (χ0) is 9.68. The molecule has 0 saturated carbocycles. The summed E-state index contributed by atoms with van der Waals surface area (Å²) >= 11 is 11.0. The van der Waals surface area contributed by atoms with Gasteiger partial charge in [0.1, 0.15) is 0 Å². The molecule has 0 aliphatic rings. The lowest BCUT2D eigenvalue weighted by molar-refractivity contribution is 1.12. The van der Waals surface area contributed by atoms with Crippen molar-refractivity contribution in [1.29, 1.82) is 0 Å². The van der Waals surface area contributed by atoms with Crippen molar-refractivity contribution in [2.45, 2.75) is 17.9 Å². The molecule has 0 aromatic heterocycles. The minimum atomic E-state index is 0.533. The number of halogens is 2. The highest BCUT2D eigenvalue weighted by Gasteiger charge is 2.00. The van der Waals surface area contributed by atoms with Crippen LogP contribution < -0.4 is 0 Å². The van der Waals surface area contributed by atoms with E-state index in [2.05, 4.69) is 47.1 Å². The molecule has 1 aromatic rings. The van der Waals surface area contributed by atoms with Crippen LogP contribution in [-0.2, 0) is 5.75 Å². The molecular formula is C10H12BrClS. The molecule has 72 valence electrons. The van der Waals surface area contributed by atoms with E-state index >= 15 is 0 Å². The molecule has 13 heavy (non-hydrogen) atoms. The van der Waals surface area contributed by atoms with Gasteiger partial charge in [0.05, 0.1) is 0 Å². The summed E-state index contributed by atoms with van der Waals surface area (Å²) in [5, 5.41) is 0.533. The van der Waals surface area contributed by atoms with Crippen LogP contribution in [0.5, 0.6) is 0 Å². The predicted molar refractivity (Wildman–Crippen MR) is 65.6 cm³/mol. The van der Waals surface area contributed by atoms with Crippen LogP contribution in [-0.4, -0.2) is 11.1 Å². The van der Waals surface area contributed by atoms with Crippen molar-refractivity contribution < 1.29 is 0 Å². The van der Waals surface area contributed by atoms with Gasteiger partial charge in [0.15, 0.2) is 0 Å². The van der Waals surface area contributed by atoms with Crippen LogP contribution in [0.4, 0.5) is 0 Å². The highest BCUT2D eigenvalue weighted by atomic mass is 79.9. The third-order valence-corrected chi connectivity index (χ3v) is 4.08. The maximum atomic E-state index is 5.72. The van der Waals surface area contributed by atoms with Crippen LogP contribution in [0.15, 0.2) is 28.7 Å². The number of thioether (sulfide) groups is 1. The number of alkyl halides is 1. The number of benzene rings is 1. The van der Waals surface area contributed by atoms with E-state index in [-0.39, 0.29) is 0 Å². The van der Waals surface area contributed by atoms with Gasteiger partial charge in [-0.15, -0.1) is 11.6 Å². The van der Waals surface area contributed by atoms with Gasteiger partial charge in [-0.1, -0.05) is 35.0 Å². The van der Waals surface area contributed by atoms with Crippen molar-refractivity contribution in [1.82, 2.24) is 0 Å². The van der Waals surface area contributed by atoms with E-state index < -0.39 is 0 Å². The van der Waals surface area contributed by atoms with Crippen molar-refractivity contribution in [3.05, 3.63) is 34.3 Å². The first-order valence-electron chi connectivity index (χ1n) is 4.14. The molecule has 0 bridgehead atoms. The lowest BCUT2D eigenvalue weighted by atomic mass is 10.2. The molecule has 0 heterocycles. The Bertz CT molecular complexity index is 248. The maximum absolute atomic E-state index is 5.72. The summed E-state index contributed by atoms with van der Waals surface area (Å²) in [6.45, 7) is 2.15. The normalized spacial score (nSPS) is 12.8. The molecule has 0 amide bonds. The summed E-state index contributed by atoms with van der Waals surface area (Å²) < 4.78 is 1.13. The first-order valence-corrected chi connectivity index (χ1v) is 6.52. The van der Waals surface area contributed by atoms with Crippen LogP contribution in [0.25, 0.3) is 0 Å². The third kappa shape index (κ3) is 4.39. The second-order valence-electron chi connectivity index (χ2n) is 2.90. The molecule has 0 aliphatic heterocycles. The first-order chi connectivity index (χ1) is 6.22. The van der Waals surface area contributed by atoms with Crippen molar-refractivity contribution in [2.75, 3.05) is 5.88 Å².